The summed E-state index contributed by atoms with van der Waals surface area (Å²) in [6.45, 7) is 2.07. The Bertz CT molecular complexity index is 448. The van der Waals surface area contributed by atoms with E-state index in [1.54, 1.807) is 0 Å². The highest BCUT2D eigenvalue weighted by Gasteiger charge is 2.38. The van der Waals surface area contributed by atoms with Crippen LogP contribution in [0.2, 0.25) is 0 Å². The predicted molar refractivity (Wildman–Crippen MR) is 85.9 cm³/mol. The van der Waals surface area contributed by atoms with E-state index in [1.165, 1.54) is 38.5 Å². The number of nitrogens with two attached hydrogens (primary N) is 1. The number of β-amino-alcohol motifs (C(OH)–C–C–N with tert-alkyl or cyclic N) is 1. The Morgan fingerprint density at radius 1 is 1.10 bits per heavy atom. The van der Waals surface area contributed by atoms with Crippen molar-refractivity contribution < 1.29 is 5.11 Å². The van der Waals surface area contributed by atoms with Crippen LogP contribution in [-0.2, 0) is 5.60 Å². The van der Waals surface area contributed by atoms with Gasteiger partial charge in [-0.1, -0.05) is 43.2 Å². The van der Waals surface area contributed by atoms with Gasteiger partial charge in [0.05, 0.1) is 0 Å². The van der Waals surface area contributed by atoms with Crippen LogP contribution in [0.1, 0.15) is 44.1 Å². The summed E-state index contributed by atoms with van der Waals surface area (Å²) in [6, 6.07) is 10.6. The van der Waals surface area contributed by atoms with Gasteiger partial charge >= 0.3 is 0 Å². The van der Waals surface area contributed by atoms with Crippen LogP contribution in [0.25, 0.3) is 0 Å². The van der Waals surface area contributed by atoms with E-state index >= 15 is 0 Å². The number of likely N-dealkylation sites (tertiary alicyclic amines) is 1. The van der Waals surface area contributed by atoms with Crippen LogP contribution >= 0.6 is 0 Å². The molecule has 1 aliphatic heterocycles. The van der Waals surface area contributed by atoms with Gasteiger partial charge in [-0.3, -0.25) is 4.90 Å². The molecule has 21 heavy (non-hydrogen) atoms. The van der Waals surface area contributed by atoms with Gasteiger partial charge in [0.15, 0.2) is 0 Å². The van der Waals surface area contributed by atoms with E-state index < -0.39 is 5.60 Å². The Morgan fingerprint density at radius 2 is 1.81 bits per heavy atom. The molecule has 0 aromatic heterocycles. The molecule has 2 aliphatic rings. The summed E-state index contributed by atoms with van der Waals surface area (Å²) >= 11 is 0. The standard InChI is InChI=1S/C18H28N2O/c19-13-18(21,16-9-2-1-3-10-16)14-20-12-6-8-15-7-4-5-11-17(15)20/h1-3,9-10,15,17,21H,4-8,11-14,19H2/t15-,17-,18?/m1/s1. The normalized spacial score (nSPS) is 29.6. The maximum absolute atomic E-state index is 11.1. The lowest BCUT2D eigenvalue weighted by Crippen LogP contribution is -2.54. The molecule has 1 saturated heterocycles. The minimum absolute atomic E-state index is 0.283. The molecule has 3 N–H and O–H groups in total. The van der Waals surface area contributed by atoms with E-state index in [4.69, 9.17) is 5.73 Å². The second-order valence-corrected chi connectivity index (χ2v) is 6.83. The summed E-state index contributed by atoms with van der Waals surface area (Å²) in [6.07, 6.45) is 8.01. The molecule has 0 spiro atoms. The van der Waals surface area contributed by atoms with Crippen LogP contribution in [0.15, 0.2) is 30.3 Å². The third-order valence-electron chi connectivity index (χ3n) is 5.47. The molecule has 0 radical (unpaired) electrons. The Hall–Kier alpha value is -0.900. The average Bonchev–Trinajstić information content (AvgIpc) is 2.56. The number of piperidine rings is 1. The fourth-order valence-electron chi connectivity index (χ4n) is 4.28. The second kappa shape index (κ2) is 6.47. The fourth-order valence-corrected chi connectivity index (χ4v) is 4.28. The van der Waals surface area contributed by atoms with E-state index in [-0.39, 0.29) is 6.54 Å². The van der Waals surface area contributed by atoms with Crippen molar-refractivity contribution in [3.63, 3.8) is 0 Å². The van der Waals surface area contributed by atoms with Crippen LogP contribution in [0.3, 0.4) is 0 Å². The van der Waals surface area contributed by atoms with Gasteiger partial charge in [-0.05, 0) is 43.7 Å². The average molecular weight is 288 g/mol. The van der Waals surface area contributed by atoms with Crippen LogP contribution in [0, 0.1) is 5.92 Å². The second-order valence-electron chi connectivity index (χ2n) is 6.83. The maximum atomic E-state index is 11.1. The van der Waals surface area contributed by atoms with Crippen LogP contribution in [0.5, 0.6) is 0 Å². The van der Waals surface area contributed by atoms with Crippen molar-refractivity contribution >= 4 is 0 Å². The Balaban J connectivity index is 1.76. The van der Waals surface area contributed by atoms with Gasteiger partial charge < -0.3 is 10.8 Å². The lowest BCUT2D eigenvalue weighted by molar-refractivity contribution is -0.0357. The molecule has 1 aromatic rings. The molecular formula is C18H28N2O. The summed E-state index contributed by atoms with van der Waals surface area (Å²) < 4.78 is 0. The summed E-state index contributed by atoms with van der Waals surface area (Å²) in [4.78, 5) is 2.52. The highest BCUT2D eigenvalue weighted by atomic mass is 16.3. The summed E-state index contributed by atoms with van der Waals surface area (Å²) in [7, 11) is 0. The first kappa shape index (κ1) is 15.0. The van der Waals surface area contributed by atoms with Crippen molar-refractivity contribution in [3.05, 3.63) is 35.9 Å². The van der Waals surface area contributed by atoms with Gasteiger partial charge in [0, 0.05) is 19.1 Å². The van der Waals surface area contributed by atoms with Crippen molar-refractivity contribution in [1.29, 1.82) is 0 Å². The maximum Gasteiger partial charge on any atom is 0.114 e. The molecule has 3 nitrogen and oxygen atoms in total. The minimum atomic E-state index is -0.916. The SMILES string of the molecule is NCC(O)(CN1CCC[C@H]2CCCC[C@H]21)c1ccccc1. The van der Waals surface area contributed by atoms with E-state index in [2.05, 4.69) is 4.90 Å². The highest BCUT2D eigenvalue weighted by molar-refractivity contribution is 5.23. The van der Waals surface area contributed by atoms with Gasteiger partial charge in [-0.15, -0.1) is 0 Å². The van der Waals surface area contributed by atoms with Gasteiger partial charge in [0.25, 0.3) is 0 Å². The van der Waals surface area contributed by atoms with Crippen LogP contribution in [-0.4, -0.2) is 35.7 Å². The molecule has 3 rings (SSSR count). The Kier molecular flexibility index (Phi) is 4.63. The van der Waals surface area contributed by atoms with E-state index in [9.17, 15) is 5.11 Å². The number of hydrogen-bond donors (Lipinski definition) is 2. The third-order valence-corrected chi connectivity index (χ3v) is 5.47. The van der Waals surface area contributed by atoms with Crippen molar-refractivity contribution in [2.24, 2.45) is 11.7 Å². The first-order valence-electron chi connectivity index (χ1n) is 8.45. The molecular weight excluding hydrogens is 260 g/mol. The topological polar surface area (TPSA) is 49.5 Å². The first-order chi connectivity index (χ1) is 10.2. The lowest BCUT2D eigenvalue weighted by atomic mass is 9.77. The number of fused-ring (bicyclic) bond motifs is 1. The number of benzene rings is 1. The Labute approximate surface area is 128 Å². The van der Waals surface area contributed by atoms with Gasteiger partial charge in [-0.25, -0.2) is 0 Å². The van der Waals surface area contributed by atoms with Gasteiger partial charge in [-0.2, -0.15) is 0 Å². The molecule has 0 bridgehead atoms. The van der Waals surface area contributed by atoms with Gasteiger partial charge in [0.1, 0.15) is 5.60 Å². The zero-order valence-electron chi connectivity index (χ0n) is 12.9. The van der Waals surface area contributed by atoms with E-state index in [1.807, 2.05) is 30.3 Å². The third kappa shape index (κ3) is 3.15. The molecule has 2 fully saturated rings. The molecule has 3 heteroatoms. The summed E-state index contributed by atoms with van der Waals surface area (Å²) in [5, 5.41) is 11.1. The summed E-state index contributed by atoms with van der Waals surface area (Å²) in [5.74, 6) is 0.838. The van der Waals surface area contributed by atoms with Crippen molar-refractivity contribution in [2.75, 3.05) is 19.6 Å². The van der Waals surface area contributed by atoms with Gasteiger partial charge in [0.2, 0.25) is 0 Å². The monoisotopic (exact) mass is 288 g/mol. The highest BCUT2D eigenvalue weighted by Crippen LogP contribution is 2.36. The number of nitrogens with zero attached hydrogens (tertiary/aromatic N) is 1. The fraction of sp³-hybridized carbons (Fsp3) is 0.667. The number of aliphatic hydroxyl groups is 1. The Morgan fingerprint density at radius 3 is 2.57 bits per heavy atom. The molecule has 1 saturated carbocycles. The van der Waals surface area contributed by atoms with E-state index in [0.29, 0.717) is 12.6 Å². The number of hydrogen-bond acceptors (Lipinski definition) is 3. The predicted octanol–water partition coefficient (Wildman–Crippen LogP) is 2.49. The zero-order chi connectivity index (χ0) is 14.7. The smallest absolute Gasteiger partial charge is 0.114 e. The molecule has 0 amide bonds. The zero-order valence-corrected chi connectivity index (χ0v) is 12.9. The molecule has 3 atom stereocenters. The molecule has 1 aromatic carbocycles. The van der Waals surface area contributed by atoms with Crippen LogP contribution < -0.4 is 5.73 Å². The quantitative estimate of drug-likeness (QED) is 0.895. The first-order valence-corrected chi connectivity index (χ1v) is 8.45. The molecule has 1 unspecified atom stereocenters. The van der Waals surface area contributed by atoms with E-state index in [0.717, 1.165) is 18.0 Å². The molecule has 1 aliphatic carbocycles. The van der Waals surface area contributed by atoms with Crippen molar-refractivity contribution in [1.82, 2.24) is 4.90 Å². The molecule has 116 valence electrons. The largest absolute Gasteiger partial charge is 0.382 e. The van der Waals surface area contributed by atoms with Crippen molar-refractivity contribution in [3.8, 4) is 0 Å². The number of rotatable bonds is 4. The summed E-state index contributed by atoms with van der Waals surface area (Å²) in [5.41, 5.74) is 5.98. The molecule has 1 heterocycles. The minimum Gasteiger partial charge on any atom is -0.382 e. The lowest BCUT2D eigenvalue weighted by Gasteiger charge is -2.47. The van der Waals surface area contributed by atoms with Crippen molar-refractivity contribution in [2.45, 2.75) is 50.2 Å². The van der Waals surface area contributed by atoms with Crippen LogP contribution in [0.4, 0.5) is 0 Å².